The fourth-order valence-electron chi connectivity index (χ4n) is 10.7. The number of anilines is 6. The summed E-state index contributed by atoms with van der Waals surface area (Å²) in [6.07, 6.45) is 16.2. The molecule has 1 saturated carbocycles. The third kappa shape index (κ3) is 5.70. The monoisotopic (exact) mass is 690 g/mol. The molecule has 0 aliphatic heterocycles. The predicted octanol–water partition coefficient (Wildman–Crippen LogP) is 13.7. The van der Waals surface area contributed by atoms with Gasteiger partial charge in [0.25, 0.3) is 0 Å². The molecule has 0 saturated heterocycles. The molecule has 0 N–H and O–H groups in total. The number of para-hydroxylation sites is 2. The first-order chi connectivity index (χ1) is 26.3. The van der Waals surface area contributed by atoms with E-state index in [1.54, 1.807) is 11.1 Å². The summed E-state index contributed by atoms with van der Waals surface area (Å²) in [6, 6.07) is 53.4. The molecule has 4 aliphatic rings. The number of hydrogen-bond acceptors (Lipinski definition) is 2. The second-order valence-electron chi connectivity index (χ2n) is 16.1. The van der Waals surface area contributed by atoms with Gasteiger partial charge < -0.3 is 9.80 Å². The number of rotatable bonds is 7. The Bertz CT molecular complexity index is 2190. The Labute approximate surface area is 316 Å². The second-order valence-corrected chi connectivity index (χ2v) is 16.1. The third-order valence-electron chi connectivity index (χ3n) is 13.2. The molecule has 1 spiro atoms. The lowest BCUT2D eigenvalue weighted by Gasteiger charge is -2.37. The molecule has 0 amide bonds. The van der Waals surface area contributed by atoms with Gasteiger partial charge >= 0.3 is 0 Å². The molecule has 53 heavy (non-hydrogen) atoms. The van der Waals surface area contributed by atoms with Gasteiger partial charge in [-0.1, -0.05) is 98.1 Å². The molecular weight excluding hydrogens is 641 g/mol. The molecule has 4 aliphatic carbocycles. The predicted molar refractivity (Wildman–Crippen MR) is 222 cm³/mol. The van der Waals surface area contributed by atoms with E-state index in [1.807, 2.05) is 0 Å². The lowest BCUT2D eigenvalue weighted by molar-refractivity contribution is 0.443. The molecule has 2 nitrogen and oxygen atoms in total. The zero-order chi connectivity index (χ0) is 35.2. The van der Waals surface area contributed by atoms with E-state index in [0.29, 0.717) is 5.92 Å². The summed E-state index contributed by atoms with van der Waals surface area (Å²) in [4.78, 5) is 5.15. The van der Waals surface area contributed by atoms with Crippen molar-refractivity contribution in [1.29, 1.82) is 0 Å². The average Bonchev–Trinajstić information content (AvgIpc) is 3.81. The van der Waals surface area contributed by atoms with E-state index in [4.69, 9.17) is 0 Å². The first-order valence-electron chi connectivity index (χ1n) is 20.4. The van der Waals surface area contributed by atoms with Gasteiger partial charge in [-0.05, 0) is 170 Å². The first-order valence-corrected chi connectivity index (χ1v) is 20.4. The van der Waals surface area contributed by atoms with E-state index in [-0.39, 0.29) is 5.41 Å². The van der Waals surface area contributed by atoms with Crippen molar-refractivity contribution in [1.82, 2.24) is 0 Å². The van der Waals surface area contributed by atoms with Gasteiger partial charge in [0, 0.05) is 28.2 Å². The molecule has 0 aromatic heterocycles. The number of nitrogens with zero attached hydrogens (tertiary/aromatic N) is 2. The summed E-state index contributed by atoms with van der Waals surface area (Å²) in [5.41, 5.74) is 18.3. The Hall–Kier alpha value is -5.08. The zero-order valence-electron chi connectivity index (χ0n) is 30.9. The van der Waals surface area contributed by atoms with Crippen LogP contribution in [0.2, 0.25) is 0 Å². The van der Waals surface area contributed by atoms with Crippen LogP contribution >= 0.6 is 0 Å². The fraction of sp³-hybridized carbons (Fsp3) is 0.294. The molecule has 2 heteroatoms. The van der Waals surface area contributed by atoms with Gasteiger partial charge in [-0.25, -0.2) is 0 Å². The minimum Gasteiger partial charge on any atom is -0.310 e. The van der Waals surface area contributed by atoms with Gasteiger partial charge in [0.05, 0.1) is 11.4 Å². The van der Waals surface area contributed by atoms with Crippen molar-refractivity contribution in [3.63, 3.8) is 0 Å². The van der Waals surface area contributed by atoms with Crippen molar-refractivity contribution in [2.75, 3.05) is 9.80 Å². The highest BCUT2D eigenvalue weighted by molar-refractivity contribution is 5.86. The van der Waals surface area contributed by atoms with Crippen molar-refractivity contribution in [3.05, 3.63) is 178 Å². The molecular formula is C51H50N2. The van der Waals surface area contributed by atoms with Gasteiger partial charge in [0.2, 0.25) is 0 Å². The summed E-state index contributed by atoms with van der Waals surface area (Å²) in [5, 5.41) is 0. The quantitative estimate of drug-likeness (QED) is 0.165. The Kier molecular flexibility index (Phi) is 8.43. The largest absolute Gasteiger partial charge is 0.310 e. The first kappa shape index (κ1) is 32.6. The topological polar surface area (TPSA) is 6.48 Å². The Balaban J connectivity index is 1.16. The molecule has 0 radical (unpaired) electrons. The molecule has 0 unspecified atom stereocenters. The molecule has 10 rings (SSSR count). The van der Waals surface area contributed by atoms with E-state index in [2.05, 4.69) is 149 Å². The van der Waals surface area contributed by atoms with Crippen LogP contribution < -0.4 is 9.80 Å². The highest BCUT2D eigenvalue weighted by Gasteiger charge is 2.49. The zero-order valence-corrected chi connectivity index (χ0v) is 30.9. The average molecular weight is 691 g/mol. The van der Waals surface area contributed by atoms with Crippen molar-refractivity contribution in [3.8, 4) is 0 Å². The van der Waals surface area contributed by atoms with E-state index in [1.165, 1.54) is 120 Å². The Morgan fingerprint density at radius 2 is 0.925 bits per heavy atom. The standard InChI is InChI=1S/C51H50N2/c1-4-14-37(15-5-1)39-26-29-45(30-27-39)53(46-31-28-38-16-10-11-17-42(38)36-46)48-25-13-19-41-33-35-51(50(41)48)34-32-40-18-12-24-47(49(40)51)52(43-20-6-2-7-21-43)44-22-8-3-9-23-44/h2-3,6-9,12-13,18-31,36-37H,1,4-5,10-11,14-17,32-35H2/t51-/m1/s1. The maximum atomic E-state index is 2.64. The molecule has 6 aromatic rings. The van der Waals surface area contributed by atoms with E-state index >= 15 is 0 Å². The normalized spacial score (nSPS) is 19.1. The highest BCUT2D eigenvalue weighted by Crippen LogP contribution is 2.60. The fourth-order valence-corrected chi connectivity index (χ4v) is 10.7. The lowest BCUT2D eigenvalue weighted by atomic mass is 9.74. The molecule has 1 fully saturated rings. The van der Waals surface area contributed by atoms with Crippen LogP contribution in [-0.2, 0) is 31.1 Å². The van der Waals surface area contributed by atoms with Crippen LogP contribution in [0.1, 0.15) is 103 Å². The van der Waals surface area contributed by atoms with E-state index in [0.717, 1.165) is 25.7 Å². The number of hydrogen-bond donors (Lipinski definition) is 0. The summed E-state index contributed by atoms with van der Waals surface area (Å²) in [5.74, 6) is 0.699. The van der Waals surface area contributed by atoms with Gasteiger partial charge in [-0.3, -0.25) is 0 Å². The minimum atomic E-state index is -0.0752. The molecule has 1 atom stereocenters. The van der Waals surface area contributed by atoms with Crippen LogP contribution in [0.3, 0.4) is 0 Å². The van der Waals surface area contributed by atoms with Crippen molar-refractivity contribution >= 4 is 34.1 Å². The lowest BCUT2D eigenvalue weighted by Crippen LogP contribution is -2.27. The molecule has 0 bridgehead atoms. The van der Waals surface area contributed by atoms with Crippen molar-refractivity contribution in [2.24, 2.45) is 0 Å². The second kappa shape index (κ2) is 13.7. The molecule has 264 valence electrons. The van der Waals surface area contributed by atoms with Crippen molar-refractivity contribution in [2.45, 2.75) is 94.8 Å². The maximum Gasteiger partial charge on any atom is 0.0505 e. The number of fused-ring (bicyclic) bond motifs is 5. The van der Waals surface area contributed by atoms with Crippen molar-refractivity contribution < 1.29 is 0 Å². The molecule has 0 heterocycles. The SMILES string of the molecule is c1ccc(N(c2ccccc2)c2cccc3c2[C@@]2(CC3)CCc3cccc(N(c4ccc(C5CCCCC5)cc4)c4ccc5c(c4)CCCC5)c32)cc1. The van der Waals surface area contributed by atoms with E-state index in [9.17, 15) is 0 Å². The highest BCUT2D eigenvalue weighted by atomic mass is 15.2. The van der Waals surface area contributed by atoms with Gasteiger partial charge in [0.1, 0.15) is 0 Å². The van der Waals surface area contributed by atoms with Crippen LogP contribution in [0, 0.1) is 0 Å². The summed E-state index contributed by atoms with van der Waals surface area (Å²) < 4.78 is 0. The Morgan fingerprint density at radius 1 is 0.396 bits per heavy atom. The summed E-state index contributed by atoms with van der Waals surface area (Å²) in [7, 11) is 0. The number of aryl methyl sites for hydroxylation is 4. The van der Waals surface area contributed by atoms with E-state index < -0.39 is 0 Å². The summed E-state index contributed by atoms with van der Waals surface area (Å²) >= 11 is 0. The summed E-state index contributed by atoms with van der Waals surface area (Å²) in [6.45, 7) is 0. The maximum absolute atomic E-state index is 2.64. The Morgan fingerprint density at radius 3 is 1.53 bits per heavy atom. The van der Waals surface area contributed by atoms with Gasteiger partial charge in [-0.2, -0.15) is 0 Å². The van der Waals surface area contributed by atoms with Gasteiger partial charge in [0.15, 0.2) is 0 Å². The van der Waals surface area contributed by atoms with Crippen LogP contribution in [0.15, 0.2) is 140 Å². The van der Waals surface area contributed by atoms with Crippen LogP contribution in [0.4, 0.5) is 34.1 Å². The van der Waals surface area contributed by atoms with Crippen LogP contribution in [0.25, 0.3) is 0 Å². The third-order valence-corrected chi connectivity index (χ3v) is 13.2. The minimum absolute atomic E-state index is 0.0752. The van der Waals surface area contributed by atoms with Gasteiger partial charge in [-0.15, -0.1) is 0 Å². The molecule has 6 aromatic carbocycles. The van der Waals surface area contributed by atoms with Crippen LogP contribution in [-0.4, -0.2) is 0 Å². The number of benzene rings is 6. The van der Waals surface area contributed by atoms with Crippen LogP contribution in [0.5, 0.6) is 0 Å². The smallest absolute Gasteiger partial charge is 0.0505 e.